The number of carboxylic acid groups (broad SMARTS) is 1. The Bertz CT molecular complexity index is 450. The van der Waals surface area contributed by atoms with E-state index >= 15 is 0 Å². The molecule has 0 amide bonds. The van der Waals surface area contributed by atoms with Crippen molar-refractivity contribution < 1.29 is 14.6 Å². The Balaban J connectivity index is 2.75. The van der Waals surface area contributed by atoms with Crippen LogP contribution in [0.15, 0.2) is 18.2 Å². The van der Waals surface area contributed by atoms with Gasteiger partial charge < -0.3 is 9.84 Å². The van der Waals surface area contributed by atoms with E-state index in [4.69, 9.17) is 4.74 Å². The monoisotopic (exact) mass is 409 g/mol. The largest absolute Gasteiger partial charge is 0.489 e. The third-order valence-corrected chi connectivity index (χ3v) is 9.84. The van der Waals surface area contributed by atoms with Gasteiger partial charge in [-0.05, 0) is 61.6 Å². The minimum absolute atomic E-state index is 0.249. The summed E-state index contributed by atoms with van der Waals surface area (Å²) in [5.74, 6) is -0.440. The lowest BCUT2D eigenvalue weighted by Crippen LogP contribution is -2.14. The van der Waals surface area contributed by atoms with Gasteiger partial charge in [0.15, 0.2) is 0 Å². The summed E-state index contributed by atoms with van der Waals surface area (Å²) in [6.45, 7) is 7.39. The standard InChI is InChI=1S/C15H22IO3P/c1-4-20(5-2,6-3)10-9-19-14-11-12(16)7-8-13(14)15(17)18/h7-8,11H,4-6,9-10H2,1-3H3/p+1. The van der Waals surface area contributed by atoms with Gasteiger partial charge in [-0.3, -0.25) is 0 Å². The van der Waals surface area contributed by atoms with Gasteiger partial charge in [0.05, 0.1) is 24.6 Å². The summed E-state index contributed by atoms with van der Waals surface area (Å²) in [7, 11) is -0.901. The summed E-state index contributed by atoms with van der Waals surface area (Å²) in [5, 5.41) is 9.18. The lowest BCUT2D eigenvalue weighted by atomic mass is 10.2. The van der Waals surface area contributed by atoms with Gasteiger partial charge in [0, 0.05) is 10.8 Å². The summed E-state index contributed by atoms with van der Waals surface area (Å²) in [4.78, 5) is 11.2. The summed E-state index contributed by atoms with van der Waals surface area (Å²) >= 11 is 2.17. The fourth-order valence-electron chi connectivity index (χ4n) is 2.29. The minimum Gasteiger partial charge on any atom is -0.489 e. The Labute approximate surface area is 135 Å². The van der Waals surface area contributed by atoms with Crippen molar-refractivity contribution in [1.29, 1.82) is 0 Å². The number of hydrogen-bond acceptors (Lipinski definition) is 2. The van der Waals surface area contributed by atoms with E-state index in [2.05, 4.69) is 43.4 Å². The first-order valence-electron chi connectivity index (χ1n) is 6.98. The van der Waals surface area contributed by atoms with Crippen LogP contribution in [0.25, 0.3) is 0 Å². The second-order valence-corrected chi connectivity index (χ2v) is 11.1. The predicted molar refractivity (Wildman–Crippen MR) is 95.0 cm³/mol. The molecular formula is C15H23IO3P+. The molecule has 5 heteroatoms. The molecule has 0 fully saturated rings. The summed E-state index contributed by atoms with van der Waals surface area (Å²) < 4.78 is 6.77. The van der Waals surface area contributed by atoms with Gasteiger partial charge in [0.1, 0.15) is 17.9 Å². The van der Waals surface area contributed by atoms with Crippen molar-refractivity contribution in [2.24, 2.45) is 0 Å². The van der Waals surface area contributed by atoms with E-state index in [0.29, 0.717) is 12.4 Å². The first-order chi connectivity index (χ1) is 9.48. The van der Waals surface area contributed by atoms with Crippen LogP contribution in [0, 0.1) is 3.57 Å². The Kier molecular flexibility index (Phi) is 7.24. The van der Waals surface area contributed by atoms with Crippen LogP contribution in [-0.2, 0) is 0 Å². The average Bonchev–Trinajstić information content (AvgIpc) is 2.44. The average molecular weight is 409 g/mol. The maximum absolute atomic E-state index is 11.2. The number of carboxylic acids is 1. The van der Waals surface area contributed by atoms with Crippen molar-refractivity contribution >= 4 is 35.8 Å². The highest BCUT2D eigenvalue weighted by Gasteiger charge is 2.30. The molecule has 0 saturated carbocycles. The van der Waals surface area contributed by atoms with Crippen LogP contribution in [-0.4, -0.2) is 42.3 Å². The number of hydrogen-bond donors (Lipinski definition) is 1. The van der Waals surface area contributed by atoms with Crippen LogP contribution in [0.4, 0.5) is 0 Å². The Morgan fingerprint density at radius 1 is 1.25 bits per heavy atom. The Morgan fingerprint density at radius 3 is 2.35 bits per heavy atom. The first-order valence-corrected chi connectivity index (χ1v) is 10.6. The highest BCUT2D eigenvalue weighted by molar-refractivity contribution is 14.1. The van der Waals surface area contributed by atoms with Crippen molar-refractivity contribution in [3.05, 3.63) is 27.3 Å². The molecule has 0 aromatic heterocycles. The molecule has 1 rings (SSSR count). The first kappa shape index (κ1) is 17.7. The number of benzene rings is 1. The molecule has 0 bridgehead atoms. The topological polar surface area (TPSA) is 46.5 Å². The van der Waals surface area contributed by atoms with Crippen molar-refractivity contribution in [3.63, 3.8) is 0 Å². The molecule has 0 aliphatic rings. The molecule has 20 heavy (non-hydrogen) atoms. The zero-order chi connectivity index (χ0) is 15.2. The molecule has 0 aliphatic carbocycles. The Hall–Kier alpha value is -0.350. The molecular weight excluding hydrogens is 386 g/mol. The third-order valence-electron chi connectivity index (χ3n) is 4.01. The van der Waals surface area contributed by atoms with E-state index < -0.39 is 13.2 Å². The van der Waals surface area contributed by atoms with E-state index in [9.17, 15) is 9.90 Å². The van der Waals surface area contributed by atoms with Gasteiger partial charge in [0.25, 0.3) is 0 Å². The van der Waals surface area contributed by atoms with Gasteiger partial charge in [-0.1, -0.05) is 0 Å². The lowest BCUT2D eigenvalue weighted by molar-refractivity contribution is 0.0692. The van der Waals surface area contributed by atoms with Crippen LogP contribution in [0.3, 0.4) is 0 Å². The SMILES string of the molecule is CC[P+](CC)(CC)CCOc1cc(I)ccc1C(=O)O. The van der Waals surface area contributed by atoms with Crippen LogP contribution in [0.1, 0.15) is 31.1 Å². The van der Waals surface area contributed by atoms with Gasteiger partial charge in [0.2, 0.25) is 0 Å². The number of carbonyl (C=O) groups is 1. The van der Waals surface area contributed by atoms with Gasteiger partial charge in [-0.25, -0.2) is 4.79 Å². The maximum atomic E-state index is 11.2. The molecule has 1 aromatic rings. The second-order valence-electron chi connectivity index (χ2n) is 4.81. The third kappa shape index (κ3) is 4.59. The van der Waals surface area contributed by atoms with Crippen LogP contribution < -0.4 is 4.74 Å². The number of aromatic carboxylic acids is 1. The second kappa shape index (κ2) is 8.18. The van der Waals surface area contributed by atoms with E-state index in [1.54, 1.807) is 18.2 Å². The van der Waals surface area contributed by atoms with E-state index in [0.717, 1.165) is 9.73 Å². The zero-order valence-electron chi connectivity index (χ0n) is 12.4. The molecule has 0 heterocycles. The van der Waals surface area contributed by atoms with E-state index in [1.165, 1.54) is 18.5 Å². The van der Waals surface area contributed by atoms with E-state index in [-0.39, 0.29) is 5.56 Å². The van der Waals surface area contributed by atoms with E-state index in [1.807, 2.05) is 0 Å². The predicted octanol–water partition coefficient (Wildman–Crippen LogP) is 4.45. The molecule has 3 nitrogen and oxygen atoms in total. The van der Waals surface area contributed by atoms with Crippen molar-refractivity contribution in [2.45, 2.75) is 20.8 Å². The van der Waals surface area contributed by atoms with Crippen molar-refractivity contribution in [2.75, 3.05) is 31.3 Å². The fourth-order valence-corrected chi connectivity index (χ4v) is 5.52. The molecule has 0 aliphatic heterocycles. The van der Waals surface area contributed by atoms with Gasteiger partial charge in [-0.2, -0.15) is 0 Å². The summed E-state index contributed by atoms with van der Waals surface area (Å²) in [5.41, 5.74) is 0.249. The number of ether oxygens (including phenoxy) is 1. The summed E-state index contributed by atoms with van der Waals surface area (Å²) in [6.07, 6.45) is 4.78. The molecule has 0 atom stereocenters. The zero-order valence-corrected chi connectivity index (χ0v) is 15.4. The lowest BCUT2D eigenvalue weighted by Gasteiger charge is -2.23. The minimum atomic E-state index is -0.932. The van der Waals surface area contributed by atoms with Crippen LogP contribution >= 0.6 is 29.9 Å². The fraction of sp³-hybridized carbons (Fsp3) is 0.533. The quantitative estimate of drug-likeness (QED) is 0.510. The molecule has 0 saturated heterocycles. The van der Waals surface area contributed by atoms with Gasteiger partial charge >= 0.3 is 5.97 Å². The normalized spacial score (nSPS) is 11.4. The number of halogens is 1. The molecule has 0 spiro atoms. The van der Waals surface area contributed by atoms with Crippen LogP contribution in [0.2, 0.25) is 0 Å². The molecule has 112 valence electrons. The molecule has 0 radical (unpaired) electrons. The molecule has 1 N–H and O–H groups in total. The van der Waals surface area contributed by atoms with Crippen molar-refractivity contribution in [1.82, 2.24) is 0 Å². The summed E-state index contributed by atoms with van der Waals surface area (Å²) in [6, 6.07) is 5.20. The van der Waals surface area contributed by atoms with Crippen LogP contribution in [0.5, 0.6) is 5.75 Å². The molecule has 1 aromatic carbocycles. The molecule has 0 unspecified atom stereocenters. The number of rotatable bonds is 8. The smallest absolute Gasteiger partial charge is 0.339 e. The van der Waals surface area contributed by atoms with Gasteiger partial charge in [-0.15, -0.1) is 0 Å². The van der Waals surface area contributed by atoms with Crippen molar-refractivity contribution in [3.8, 4) is 5.75 Å². The highest BCUT2D eigenvalue weighted by atomic mass is 127. The maximum Gasteiger partial charge on any atom is 0.339 e. The Morgan fingerprint density at radius 2 is 1.85 bits per heavy atom. The highest BCUT2D eigenvalue weighted by Crippen LogP contribution is 2.57.